The second-order valence-electron chi connectivity index (χ2n) is 6.09. The number of ether oxygens (including phenoxy) is 1. The summed E-state index contributed by atoms with van der Waals surface area (Å²) >= 11 is 3.38. The summed E-state index contributed by atoms with van der Waals surface area (Å²) in [5, 5.41) is 9.66. The van der Waals surface area contributed by atoms with Crippen LogP contribution < -0.4 is 4.74 Å². The van der Waals surface area contributed by atoms with Crippen LogP contribution in [0.1, 0.15) is 32.1 Å². The Bertz CT molecular complexity index is 499. The summed E-state index contributed by atoms with van der Waals surface area (Å²) in [4.78, 5) is 11.7. The summed E-state index contributed by atoms with van der Waals surface area (Å²) in [6.45, 7) is 0.483. The second kappa shape index (κ2) is 5.40. The highest BCUT2D eigenvalue weighted by molar-refractivity contribution is 9.10. The number of aliphatic carboxylic acids is 1. The molecule has 20 heavy (non-hydrogen) atoms. The molecule has 2 bridgehead atoms. The molecule has 2 saturated carbocycles. The van der Waals surface area contributed by atoms with Gasteiger partial charge in [-0.25, -0.2) is 0 Å². The molecule has 0 aliphatic heterocycles. The lowest BCUT2D eigenvalue weighted by atomic mass is 9.71. The topological polar surface area (TPSA) is 46.5 Å². The third-order valence-corrected chi connectivity index (χ3v) is 5.56. The lowest BCUT2D eigenvalue weighted by molar-refractivity contribution is -0.153. The van der Waals surface area contributed by atoms with Crippen molar-refractivity contribution in [3.8, 4) is 5.75 Å². The van der Waals surface area contributed by atoms with Gasteiger partial charge in [0.05, 0.1) is 12.0 Å². The molecule has 1 aromatic rings. The van der Waals surface area contributed by atoms with E-state index in [1.807, 2.05) is 24.3 Å². The maximum absolute atomic E-state index is 11.7. The minimum Gasteiger partial charge on any atom is -0.494 e. The van der Waals surface area contributed by atoms with E-state index in [0.717, 1.165) is 29.5 Å². The maximum atomic E-state index is 11.7. The number of carboxylic acid groups (broad SMARTS) is 1. The average Bonchev–Trinajstić information content (AvgIpc) is 3.02. The molecule has 0 spiro atoms. The number of hydrogen-bond donors (Lipinski definition) is 1. The molecular weight excluding hydrogens is 320 g/mol. The van der Waals surface area contributed by atoms with E-state index in [9.17, 15) is 9.90 Å². The highest BCUT2D eigenvalue weighted by Gasteiger charge is 2.55. The molecular formula is C16H19BrO3. The van der Waals surface area contributed by atoms with Crippen LogP contribution in [0.2, 0.25) is 0 Å². The molecule has 3 rings (SSSR count). The van der Waals surface area contributed by atoms with Gasteiger partial charge in [0.1, 0.15) is 5.75 Å². The van der Waals surface area contributed by atoms with Crippen LogP contribution in [0.4, 0.5) is 0 Å². The van der Waals surface area contributed by atoms with Gasteiger partial charge in [-0.2, -0.15) is 0 Å². The van der Waals surface area contributed by atoms with Crippen molar-refractivity contribution in [2.45, 2.75) is 32.1 Å². The summed E-state index contributed by atoms with van der Waals surface area (Å²) in [6.07, 6.45) is 4.86. The quantitative estimate of drug-likeness (QED) is 0.878. The SMILES string of the molecule is O=C(O)C1(CCOc2ccc(Br)cc2)CC2CCC1C2. The highest BCUT2D eigenvalue weighted by atomic mass is 79.9. The predicted octanol–water partition coefficient (Wildman–Crippen LogP) is 4.11. The Morgan fingerprint density at radius 2 is 2.10 bits per heavy atom. The number of halogens is 1. The van der Waals surface area contributed by atoms with Crippen LogP contribution in [-0.4, -0.2) is 17.7 Å². The third-order valence-electron chi connectivity index (χ3n) is 5.03. The molecule has 0 saturated heterocycles. The van der Waals surface area contributed by atoms with Gasteiger partial charge in [0, 0.05) is 4.47 Å². The summed E-state index contributed by atoms with van der Waals surface area (Å²) in [7, 11) is 0. The number of carboxylic acids is 1. The first-order valence-electron chi connectivity index (χ1n) is 7.22. The maximum Gasteiger partial charge on any atom is 0.310 e. The molecule has 1 aromatic carbocycles. The van der Waals surface area contributed by atoms with Crippen LogP contribution in [0.25, 0.3) is 0 Å². The van der Waals surface area contributed by atoms with Gasteiger partial charge in [0.15, 0.2) is 0 Å². The average molecular weight is 339 g/mol. The molecule has 3 unspecified atom stereocenters. The number of hydrogen-bond acceptors (Lipinski definition) is 2. The smallest absolute Gasteiger partial charge is 0.310 e. The van der Waals surface area contributed by atoms with Gasteiger partial charge in [0.25, 0.3) is 0 Å². The van der Waals surface area contributed by atoms with Crippen molar-refractivity contribution in [2.24, 2.45) is 17.3 Å². The van der Waals surface area contributed by atoms with Crippen LogP contribution in [0, 0.1) is 17.3 Å². The predicted molar refractivity (Wildman–Crippen MR) is 79.8 cm³/mol. The molecule has 0 radical (unpaired) electrons. The van der Waals surface area contributed by atoms with E-state index in [1.54, 1.807) is 0 Å². The van der Waals surface area contributed by atoms with E-state index in [-0.39, 0.29) is 0 Å². The fourth-order valence-corrected chi connectivity index (χ4v) is 4.27. The van der Waals surface area contributed by atoms with Crippen molar-refractivity contribution in [1.82, 2.24) is 0 Å². The minimum absolute atomic E-state index is 0.360. The fourth-order valence-electron chi connectivity index (χ4n) is 4.00. The first kappa shape index (κ1) is 13.9. The Hall–Kier alpha value is -1.03. The van der Waals surface area contributed by atoms with Crippen molar-refractivity contribution in [1.29, 1.82) is 0 Å². The zero-order chi connectivity index (χ0) is 14.2. The lowest BCUT2D eigenvalue weighted by Crippen LogP contribution is -2.37. The second-order valence-corrected chi connectivity index (χ2v) is 7.01. The fraction of sp³-hybridized carbons (Fsp3) is 0.562. The molecule has 3 atom stereocenters. The lowest BCUT2D eigenvalue weighted by Gasteiger charge is -2.33. The van der Waals surface area contributed by atoms with Gasteiger partial charge in [-0.1, -0.05) is 22.4 Å². The van der Waals surface area contributed by atoms with E-state index < -0.39 is 11.4 Å². The van der Waals surface area contributed by atoms with E-state index in [2.05, 4.69) is 15.9 Å². The Balaban J connectivity index is 1.61. The number of carbonyl (C=O) groups is 1. The molecule has 1 N–H and O–H groups in total. The van der Waals surface area contributed by atoms with Crippen LogP contribution in [0.3, 0.4) is 0 Å². The first-order chi connectivity index (χ1) is 9.60. The Kier molecular flexibility index (Phi) is 3.76. The van der Waals surface area contributed by atoms with Gasteiger partial charge in [-0.05, 0) is 61.8 Å². The van der Waals surface area contributed by atoms with Crippen molar-refractivity contribution in [3.05, 3.63) is 28.7 Å². The Morgan fingerprint density at radius 3 is 2.65 bits per heavy atom. The van der Waals surface area contributed by atoms with Crippen LogP contribution >= 0.6 is 15.9 Å². The molecule has 3 nitrogen and oxygen atoms in total. The molecule has 108 valence electrons. The Labute approximate surface area is 127 Å². The van der Waals surface area contributed by atoms with Gasteiger partial charge < -0.3 is 9.84 Å². The molecule has 0 heterocycles. The van der Waals surface area contributed by atoms with Crippen molar-refractivity contribution in [2.75, 3.05) is 6.61 Å². The zero-order valence-electron chi connectivity index (χ0n) is 11.3. The van der Waals surface area contributed by atoms with Gasteiger partial charge in [0.2, 0.25) is 0 Å². The van der Waals surface area contributed by atoms with E-state index >= 15 is 0 Å². The van der Waals surface area contributed by atoms with Crippen LogP contribution in [0.15, 0.2) is 28.7 Å². The van der Waals surface area contributed by atoms with Gasteiger partial charge in [-0.3, -0.25) is 4.79 Å². The highest BCUT2D eigenvalue weighted by Crippen LogP contribution is 2.57. The van der Waals surface area contributed by atoms with Crippen molar-refractivity contribution >= 4 is 21.9 Å². The first-order valence-corrected chi connectivity index (χ1v) is 8.01. The number of fused-ring (bicyclic) bond motifs is 2. The van der Waals surface area contributed by atoms with Gasteiger partial charge >= 0.3 is 5.97 Å². The van der Waals surface area contributed by atoms with Crippen LogP contribution in [0.5, 0.6) is 5.75 Å². The van der Waals surface area contributed by atoms with E-state index in [1.165, 1.54) is 6.42 Å². The summed E-state index contributed by atoms with van der Waals surface area (Å²) in [5.74, 6) is 1.17. The molecule has 2 fully saturated rings. The van der Waals surface area contributed by atoms with E-state index in [0.29, 0.717) is 24.9 Å². The van der Waals surface area contributed by atoms with E-state index in [4.69, 9.17) is 4.74 Å². The molecule has 0 amide bonds. The third kappa shape index (κ3) is 2.46. The van der Waals surface area contributed by atoms with Crippen molar-refractivity contribution in [3.63, 3.8) is 0 Å². The zero-order valence-corrected chi connectivity index (χ0v) is 12.9. The molecule has 2 aliphatic carbocycles. The molecule has 2 aliphatic rings. The number of benzene rings is 1. The monoisotopic (exact) mass is 338 g/mol. The molecule has 4 heteroatoms. The van der Waals surface area contributed by atoms with Crippen molar-refractivity contribution < 1.29 is 14.6 Å². The Morgan fingerprint density at radius 1 is 1.35 bits per heavy atom. The summed E-state index contributed by atoms with van der Waals surface area (Å²) in [5.41, 5.74) is -0.529. The molecule has 0 aromatic heterocycles. The summed E-state index contributed by atoms with van der Waals surface area (Å²) < 4.78 is 6.74. The minimum atomic E-state index is -0.621. The van der Waals surface area contributed by atoms with Crippen LogP contribution in [-0.2, 0) is 4.79 Å². The summed E-state index contributed by atoms with van der Waals surface area (Å²) in [6, 6.07) is 7.66. The largest absolute Gasteiger partial charge is 0.494 e. The normalized spacial score (nSPS) is 31.4. The number of rotatable bonds is 5. The van der Waals surface area contributed by atoms with Gasteiger partial charge in [-0.15, -0.1) is 0 Å². The standard InChI is InChI=1S/C16H19BrO3/c17-13-3-5-14(6-4-13)20-8-7-16(15(18)19)10-11-1-2-12(16)9-11/h3-6,11-12H,1-2,7-10H2,(H,18,19).